The molecular formula is C17H26O3. The Labute approximate surface area is 121 Å². The van der Waals surface area contributed by atoms with Crippen LogP contribution in [0.1, 0.15) is 58.3 Å². The van der Waals surface area contributed by atoms with Crippen LogP contribution >= 0.6 is 0 Å². The Morgan fingerprint density at radius 3 is 2.80 bits per heavy atom. The van der Waals surface area contributed by atoms with E-state index in [0.29, 0.717) is 25.0 Å². The summed E-state index contributed by atoms with van der Waals surface area (Å²) < 4.78 is 0. The van der Waals surface area contributed by atoms with E-state index in [1.165, 1.54) is 12.8 Å². The van der Waals surface area contributed by atoms with Gasteiger partial charge in [0.1, 0.15) is 11.9 Å². The molecule has 0 aliphatic heterocycles. The Morgan fingerprint density at radius 1 is 1.30 bits per heavy atom. The van der Waals surface area contributed by atoms with E-state index in [2.05, 4.69) is 18.8 Å². The predicted octanol–water partition coefficient (Wildman–Crippen LogP) is 2.30. The zero-order valence-corrected chi connectivity index (χ0v) is 12.3. The van der Waals surface area contributed by atoms with Gasteiger partial charge < -0.3 is 10.2 Å². The third kappa shape index (κ3) is 3.62. The summed E-state index contributed by atoms with van der Waals surface area (Å²) in [6.07, 6.45) is 6.26. The van der Waals surface area contributed by atoms with Gasteiger partial charge in [-0.25, -0.2) is 0 Å². The Kier molecular flexibility index (Phi) is 5.63. The molecule has 0 heterocycles. The second-order valence-electron chi connectivity index (χ2n) is 6.27. The van der Waals surface area contributed by atoms with Gasteiger partial charge in [-0.1, -0.05) is 38.0 Å². The lowest BCUT2D eigenvalue weighted by molar-refractivity contribution is -0.141. The van der Waals surface area contributed by atoms with Crippen molar-refractivity contribution in [2.45, 2.75) is 70.5 Å². The van der Waals surface area contributed by atoms with Crippen molar-refractivity contribution in [2.75, 3.05) is 0 Å². The van der Waals surface area contributed by atoms with Gasteiger partial charge >= 0.3 is 0 Å². The van der Waals surface area contributed by atoms with Crippen molar-refractivity contribution in [1.29, 1.82) is 0 Å². The monoisotopic (exact) mass is 278 g/mol. The number of ketones is 1. The van der Waals surface area contributed by atoms with Gasteiger partial charge in [0, 0.05) is 12.3 Å². The molecule has 0 amide bonds. The topological polar surface area (TPSA) is 57.5 Å². The van der Waals surface area contributed by atoms with E-state index in [1.54, 1.807) is 0 Å². The maximum atomic E-state index is 11.5. The Bertz CT molecular complexity index is 393. The smallest absolute Gasteiger partial charge is 0.136 e. The molecule has 5 atom stereocenters. The summed E-state index contributed by atoms with van der Waals surface area (Å²) in [5.74, 6) is 6.52. The van der Waals surface area contributed by atoms with Crippen LogP contribution in [0, 0.1) is 29.6 Å². The minimum Gasteiger partial charge on any atom is -0.392 e. The average molecular weight is 278 g/mol. The number of carbonyl (C=O) groups excluding carboxylic acids is 1. The highest BCUT2D eigenvalue weighted by Crippen LogP contribution is 2.45. The molecule has 3 heteroatoms. The zero-order valence-electron chi connectivity index (χ0n) is 12.3. The van der Waals surface area contributed by atoms with Gasteiger partial charge in [0.15, 0.2) is 0 Å². The van der Waals surface area contributed by atoms with Gasteiger partial charge in [0.25, 0.3) is 0 Å². The Morgan fingerprint density at radius 2 is 2.10 bits per heavy atom. The SMILES string of the molecule is CCCCCC[C@H](O)C#C[C@@H]1[C@@H]2CC(=O)[C@H]2CC[C@H]1O. The van der Waals surface area contributed by atoms with Crippen LogP contribution in [0.5, 0.6) is 0 Å². The van der Waals surface area contributed by atoms with E-state index >= 15 is 0 Å². The lowest BCUT2D eigenvalue weighted by Crippen LogP contribution is -2.49. The molecule has 112 valence electrons. The quantitative estimate of drug-likeness (QED) is 0.599. The van der Waals surface area contributed by atoms with Crippen LogP contribution in [-0.2, 0) is 4.79 Å². The van der Waals surface area contributed by atoms with Gasteiger partial charge in [0.2, 0.25) is 0 Å². The van der Waals surface area contributed by atoms with E-state index in [-0.39, 0.29) is 17.8 Å². The van der Waals surface area contributed by atoms with E-state index in [0.717, 1.165) is 19.3 Å². The van der Waals surface area contributed by atoms with E-state index in [9.17, 15) is 15.0 Å². The zero-order chi connectivity index (χ0) is 14.5. The third-order valence-electron chi connectivity index (χ3n) is 4.76. The highest BCUT2D eigenvalue weighted by Gasteiger charge is 2.48. The number of Topliss-reactive ketones (excluding diaryl/α,β-unsaturated/α-hetero) is 1. The summed E-state index contributed by atoms with van der Waals surface area (Å²) in [4.78, 5) is 11.5. The molecule has 0 bridgehead atoms. The fourth-order valence-corrected chi connectivity index (χ4v) is 3.40. The summed E-state index contributed by atoms with van der Waals surface area (Å²) in [6.45, 7) is 2.16. The van der Waals surface area contributed by atoms with Crippen molar-refractivity contribution in [2.24, 2.45) is 17.8 Å². The number of hydrogen-bond acceptors (Lipinski definition) is 3. The van der Waals surface area contributed by atoms with Crippen LogP contribution < -0.4 is 0 Å². The van der Waals surface area contributed by atoms with Crippen LogP contribution in [0.3, 0.4) is 0 Å². The third-order valence-corrected chi connectivity index (χ3v) is 4.76. The molecule has 2 fully saturated rings. The summed E-state index contributed by atoms with van der Waals surface area (Å²) >= 11 is 0. The highest BCUT2D eigenvalue weighted by atomic mass is 16.3. The molecule has 0 aromatic heterocycles. The Balaban J connectivity index is 1.82. The normalized spacial score (nSPS) is 33.6. The summed E-state index contributed by atoms with van der Waals surface area (Å²) in [7, 11) is 0. The lowest BCUT2D eigenvalue weighted by atomic mass is 9.59. The first-order chi connectivity index (χ1) is 9.63. The van der Waals surface area contributed by atoms with Crippen molar-refractivity contribution >= 4 is 5.78 Å². The van der Waals surface area contributed by atoms with Crippen molar-refractivity contribution in [3.8, 4) is 11.8 Å². The molecule has 20 heavy (non-hydrogen) atoms. The molecule has 0 spiro atoms. The van der Waals surface area contributed by atoms with Gasteiger partial charge in [-0.15, -0.1) is 0 Å². The van der Waals surface area contributed by atoms with Crippen LogP contribution in [0.25, 0.3) is 0 Å². The van der Waals surface area contributed by atoms with Crippen molar-refractivity contribution in [3.63, 3.8) is 0 Å². The molecule has 0 aromatic carbocycles. The van der Waals surface area contributed by atoms with E-state index in [4.69, 9.17) is 0 Å². The maximum absolute atomic E-state index is 11.5. The van der Waals surface area contributed by atoms with Crippen molar-refractivity contribution in [1.82, 2.24) is 0 Å². The fraction of sp³-hybridized carbons (Fsp3) is 0.824. The van der Waals surface area contributed by atoms with Gasteiger partial charge in [-0.3, -0.25) is 4.79 Å². The standard InChI is InChI=1S/C17H26O3/c1-2-3-4-5-6-12(18)7-8-13-15-11-17(20)14(15)9-10-16(13)19/h12-16,18-19H,2-6,9-11H2,1H3/t12-,13+,14-,15-,16+/m0/s1. The van der Waals surface area contributed by atoms with Gasteiger partial charge in [0.05, 0.1) is 12.0 Å². The van der Waals surface area contributed by atoms with E-state index in [1.807, 2.05) is 0 Å². The van der Waals surface area contributed by atoms with Crippen LogP contribution in [0.2, 0.25) is 0 Å². The molecule has 0 aromatic rings. The largest absolute Gasteiger partial charge is 0.392 e. The van der Waals surface area contributed by atoms with Crippen LogP contribution in [0.4, 0.5) is 0 Å². The minimum absolute atomic E-state index is 0.114. The van der Waals surface area contributed by atoms with Gasteiger partial charge in [-0.2, -0.15) is 0 Å². The first kappa shape index (κ1) is 15.5. The summed E-state index contributed by atoms with van der Waals surface area (Å²) in [6, 6.07) is 0. The van der Waals surface area contributed by atoms with Crippen LogP contribution in [0.15, 0.2) is 0 Å². The number of aliphatic hydroxyl groups is 2. The number of rotatable bonds is 5. The molecule has 2 saturated carbocycles. The number of hydrogen-bond donors (Lipinski definition) is 2. The minimum atomic E-state index is -0.588. The highest BCUT2D eigenvalue weighted by molar-refractivity contribution is 5.87. The first-order valence-electron chi connectivity index (χ1n) is 8.03. The molecule has 0 unspecified atom stereocenters. The Hall–Kier alpha value is -0.850. The average Bonchev–Trinajstić information content (AvgIpc) is 2.42. The predicted molar refractivity (Wildman–Crippen MR) is 77.9 cm³/mol. The second-order valence-corrected chi connectivity index (χ2v) is 6.27. The molecule has 2 rings (SSSR count). The number of carbonyl (C=O) groups is 1. The summed E-state index contributed by atoms with van der Waals surface area (Å²) in [5, 5.41) is 19.9. The fourth-order valence-electron chi connectivity index (χ4n) is 3.40. The molecular weight excluding hydrogens is 252 g/mol. The van der Waals surface area contributed by atoms with Crippen molar-refractivity contribution in [3.05, 3.63) is 0 Å². The number of unbranched alkanes of at least 4 members (excludes halogenated alkanes) is 3. The maximum Gasteiger partial charge on any atom is 0.136 e. The molecule has 2 aliphatic carbocycles. The second kappa shape index (κ2) is 7.24. The summed E-state index contributed by atoms with van der Waals surface area (Å²) in [5.41, 5.74) is 0. The van der Waals surface area contributed by atoms with E-state index < -0.39 is 12.2 Å². The molecule has 0 saturated heterocycles. The van der Waals surface area contributed by atoms with Gasteiger partial charge in [-0.05, 0) is 31.6 Å². The molecule has 0 radical (unpaired) electrons. The first-order valence-corrected chi connectivity index (χ1v) is 8.03. The van der Waals surface area contributed by atoms with Crippen molar-refractivity contribution < 1.29 is 15.0 Å². The molecule has 2 aliphatic rings. The molecule has 2 N–H and O–H groups in total. The van der Waals surface area contributed by atoms with Crippen LogP contribution in [-0.4, -0.2) is 28.2 Å². The molecule has 3 nitrogen and oxygen atoms in total. The number of fused-ring (bicyclic) bond motifs is 1. The lowest BCUT2D eigenvalue weighted by Gasteiger charge is -2.44. The number of aliphatic hydroxyl groups excluding tert-OH is 2.